The number of ether oxygens (including phenoxy) is 1. The summed E-state index contributed by atoms with van der Waals surface area (Å²) in [5, 5.41) is 13.0. The lowest BCUT2D eigenvalue weighted by Crippen LogP contribution is -2.51. The number of fused-ring (bicyclic) bond motifs is 1. The predicted molar refractivity (Wildman–Crippen MR) is 125 cm³/mol. The summed E-state index contributed by atoms with van der Waals surface area (Å²) >= 11 is 7.33. The van der Waals surface area contributed by atoms with Crippen LogP contribution in [-0.4, -0.2) is 62.2 Å². The third-order valence-electron chi connectivity index (χ3n) is 5.15. The van der Waals surface area contributed by atoms with E-state index in [0.717, 1.165) is 5.69 Å². The van der Waals surface area contributed by atoms with E-state index in [1.165, 1.54) is 30.8 Å². The van der Waals surface area contributed by atoms with Gasteiger partial charge < -0.3 is 14.7 Å². The van der Waals surface area contributed by atoms with Crippen LogP contribution >= 0.6 is 22.9 Å². The second kappa shape index (κ2) is 8.50. The maximum Gasteiger partial charge on any atom is 0.259 e. The summed E-state index contributed by atoms with van der Waals surface area (Å²) in [5.74, 6) is 0.759. The van der Waals surface area contributed by atoms with Crippen molar-refractivity contribution in [2.45, 2.75) is 13.0 Å². The predicted octanol–water partition coefficient (Wildman–Crippen LogP) is 2.95. The zero-order chi connectivity index (χ0) is 23.1. The molecule has 1 saturated heterocycles. The van der Waals surface area contributed by atoms with E-state index >= 15 is 0 Å². The Bertz CT molecular complexity index is 1370. The molecule has 0 bridgehead atoms. The summed E-state index contributed by atoms with van der Waals surface area (Å²) in [5.41, 5.74) is 2.73. The van der Waals surface area contributed by atoms with E-state index in [4.69, 9.17) is 16.3 Å². The zero-order valence-corrected chi connectivity index (χ0v) is 19.2. The fourth-order valence-electron chi connectivity index (χ4n) is 3.48. The van der Waals surface area contributed by atoms with Crippen molar-refractivity contribution in [1.82, 2.24) is 24.9 Å². The number of pyridine rings is 2. The van der Waals surface area contributed by atoms with Crippen LogP contribution < -0.4 is 15.0 Å². The molecule has 1 aliphatic heterocycles. The molecule has 5 heterocycles. The number of aliphatic hydroxyl groups is 1. The minimum Gasteiger partial charge on any atom is -0.494 e. The summed E-state index contributed by atoms with van der Waals surface area (Å²) in [6.45, 7) is 2.88. The number of β-amino-alcohol motifs (C(OH)–C–C–N with tert-alkyl or cyclic N) is 1. The smallest absolute Gasteiger partial charge is 0.259 e. The van der Waals surface area contributed by atoms with E-state index in [0.29, 0.717) is 57.0 Å². The Morgan fingerprint density at radius 1 is 1.18 bits per heavy atom. The van der Waals surface area contributed by atoms with Crippen LogP contribution in [0.2, 0.25) is 5.15 Å². The van der Waals surface area contributed by atoms with Gasteiger partial charge in [0.25, 0.3) is 5.91 Å². The second-order valence-corrected chi connectivity index (χ2v) is 8.83. The van der Waals surface area contributed by atoms with Crippen molar-refractivity contribution < 1.29 is 14.6 Å². The second-order valence-electron chi connectivity index (χ2n) is 7.47. The van der Waals surface area contributed by atoms with Gasteiger partial charge in [0.15, 0.2) is 15.6 Å². The van der Waals surface area contributed by atoms with Crippen molar-refractivity contribution in [3.63, 3.8) is 0 Å². The van der Waals surface area contributed by atoms with Gasteiger partial charge in [-0.25, -0.2) is 15.0 Å². The first-order valence-electron chi connectivity index (χ1n) is 9.96. The van der Waals surface area contributed by atoms with Gasteiger partial charge in [0.2, 0.25) is 0 Å². The Morgan fingerprint density at radius 3 is 2.76 bits per heavy atom. The lowest BCUT2D eigenvalue weighted by molar-refractivity contribution is 0.102. The Labute approximate surface area is 197 Å². The number of aliphatic hydroxyl groups excluding tert-OH is 1. The summed E-state index contributed by atoms with van der Waals surface area (Å²) in [6, 6.07) is 3.43. The highest BCUT2D eigenvalue weighted by Gasteiger charge is 2.26. The molecule has 168 valence electrons. The molecular formula is C21H18ClN7O3S. The van der Waals surface area contributed by atoms with E-state index in [9.17, 15) is 9.90 Å². The van der Waals surface area contributed by atoms with Gasteiger partial charge in [-0.3, -0.25) is 15.1 Å². The maximum absolute atomic E-state index is 13.2. The van der Waals surface area contributed by atoms with Crippen LogP contribution in [0.5, 0.6) is 5.75 Å². The Hall–Kier alpha value is -3.41. The SMILES string of the molecule is COc1cnc(Cl)cc1-c1cc(C)ncc1C(=O)Nc1nc2ncc(N3CC(O)C3)nc2s1. The standard InChI is InChI=1S/C21H18ClN7O3S/c1-10-3-12(13-4-16(22)24-6-15(13)32-2)14(5-23-10)19(31)28-21-27-18-20(33-21)26-17(7-25-18)29-8-11(30)9-29/h3-7,11,30H,8-9H2,1-2H3,(H,25,27,28,31). The lowest BCUT2D eigenvalue weighted by atomic mass is 10.0. The zero-order valence-electron chi connectivity index (χ0n) is 17.6. The molecule has 0 saturated carbocycles. The topological polar surface area (TPSA) is 126 Å². The van der Waals surface area contributed by atoms with Crippen molar-refractivity contribution in [2.75, 3.05) is 30.4 Å². The van der Waals surface area contributed by atoms with Crippen LogP contribution in [-0.2, 0) is 0 Å². The van der Waals surface area contributed by atoms with Crippen LogP contribution in [0, 0.1) is 6.92 Å². The van der Waals surface area contributed by atoms with Crippen LogP contribution in [0.1, 0.15) is 16.1 Å². The van der Waals surface area contributed by atoms with Crippen molar-refractivity contribution in [3.8, 4) is 16.9 Å². The molecule has 1 amide bonds. The third kappa shape index (κ3) is 4.17. The number of carbonyl (C=O) groups is 1. The van der Waals surface area contributed by atoms with Crippen molar-refractivity contribution >= 4 is 50.3 Å². The summed E-state index contributed by atoms with van der Waals surface area (Å²) in [7, 11) is 1.53. The van der Waals surface area contributed by atoms with Crippen molar-refractivity contribution in [3.05, 3.63) is 47.1 Å². The number of rotatable bonds is 5. The number of carbonyl (C=O) groups excluding carboxylic acids is 1. The normalized spacial score (nSPS) is 13.8. The lowest BCUT2D eigenvalue weighted by Gasteiger charge is -2.36. The molecule has 5 rings (SSSR count). The van der Waals surface area contributed by atoms with Crippen molar-refractivity contribution in [2.24, 2.45) is 0 Å². The number of nitrogens with zero attached hydrogens (tertiary/aromatic N) is 6. The number of amides is 1. The largest absolute Gasteiger partial charge is 0.494 e. The molecule has 10 nitrogen and oxygen atoms in total. The fourth-order valence-corrected chi connectivity index (χ4v) is 4.43. The van der Waals surface area contributed by atoms with Gasteiger partial charge in [-0.05, 0) is 19.1 Å². The molecule has 0 radical (unpaired) electrons. The number of aryl methyl sites for hydroxylation is 1. The van der Waals surface area contributed by atoms with Crippen LogP contribution in [0.3, 0.4) is 0 Å². The number of thiazole rings is 1. The number of methoxy groups -OCH3 is 1. The molecule has 12 heteroatoms. The Kier molecular flexibility index (Phi) is 5.52. The summed E-state index contributed by atoms with van der Waals surface area (Å²) < 4.78 is 5.42. The summed E-state index contributed by atoms with van der Waals surface area (Å²) in [6.07, 6.45) is 4.28. The molecule has 0 aliphatic carbocycles. The van der Waals surface area contributed by atoms with Gasteiger partial charge in [-0.15, -0.1) is 0 Å². The highest BCUT2D eigenvalue weighted by molar-refractivity contribution is 7.21. The van der Waals surface area contributed by atoms with Gasteiger partial charge in [0, 0.05) is 36.1 Å². The first kappa shape index (κ1) is 21.4. The van der Waals surface area contributed by atoms with Gasteiger partial charge in [-0.2, -0.15) is 4.98 Å². The number of anilines is 2. The minimum absolute atomic E-state index is 0.278. The molecule has 0 atom stereocenters. The van der Waals surface area contributed by atoms with Crippen molar-refractivity contribution in [1.29, 1.82) is 0 Å². The highest BCUT2D eigenvalue weighted by atomic mass is 35.5. The molecule has 0 aromatic carbocycles. The Morgan fingerprint density at radius 2 is 2.00 bits per heavy atom. The van der Waals surface area contributed by atoms with Gasteiger partial charge in [-0.1, -0.05) is 22.9 Å². The number of nitrogens with one attached hydrogen (secondary N) is 1. The molecule has 4 aromatic rings. The molecule has 0 spiro atoms. The number of hydrogen-bond donors (Lipinski definition) is 2. The van der Waals surface area contributed by atoms with Crippen LogP contribution in [0.4, 0.5) is 10.9 Å². The van der Waals surface area contributed by atoms with E-state index in [1.54, 1.807) is 18.3 Å². The molecule has 0 unspecified atom stereocenters. The number of aromatic nitrogens is 5. The average Bonchev–Trinajstić information content (AvgIpc) is 3.18. The quantitative estimate of drug-likeness (QED) is 0.412. The van der Waals surface area contributed by atoms with Crippen LogP contribution in [0.15, 0.2) is 30.7 Å². The minimum atomic E-state index is -0.391. The molecule has 1 aliphatic rings. The molecule has 33 heavy (non-hydrogen) atoms. The van der Waals surface area contributed by atoms with Crippen LogP contribution in [0.25, 0.3) is 21.6 Å². The molecule has 2 N–H and O–H groups in total. The van der Waals surface area contributed by atoms with Gasteiger partial charge in [0.1, 0.15) is 16.7 Å². The molecule has 1 fully saturated rings. The van der Waals surface area contributed by atoms with Gasteiger partial charge >= 0.3 is 0 Å². The van der Waals surface area contributed by atoms with E-state index in [2.05, 4.69) is 30.2 Å². The monoisotopic (exact) mass is 483 g/mol. The highest BCUT2D eigenvalue weighted by Crippen LogP contribution is 2.34. The number of halogens is 1. The van der Waals surface area contributed by atoms with E-state index in [-0.39, 0.29) is 11.3 Å². The third-order valence-corrected chi connectivity index (χ3v) is 6.21. The summed E-state index contributed by atoms with van der Waals surface area (Å²) in [4.78, 5) is 37.3. The molecule has 4 aromatic heterocycles. The van der Waals surface area contributed by atoms with Gasteiger partial charge in [0.05, 0.1) is 31.2 Å². The first-order valence-corrected chi connectivity index (χ1v) is 11.1. The average molecular weight is 484 g/mol. The number of hydrogen-bond acceptors (Lipinski definition) is 10. The molecular weight excluding hydrogens is 466 g/mol. The van der Waals surface area contributed by atoms with E-state index in [1.807, 2.05) is 11.8 Å². The fraction of sp³-hybridized carbons (Fsp3) is 0.238. The Balaban J connectivity index is 1.46. The maximum atomic E-state index is 13.2. The van der Waals surface area contributed by atoms with E-state index < -0.39 is 5.91 Å². The first-order chi connectivity index (χ1) is 15.9.